The van der Waals surface area contributed by atoms with Gasteiger partial charge in [0, 0.05) is 44.5 Å². The predicted octanol–water partition coefficient (Wildman–Crippen LogP) is 1.66. The normalized spacial score (nSPS) is 11.8. The smallest absolute Gasteiger partial charge is 0.242 e. The maximum absolute atomic E-state index is 12.3. The lowest BCUT2D eigenvalue weighted by atomic mass is 10.4. The van der Waals surface area contributed by atoms with Crippen LogP contribution in [0.15, 0.2) is 22.8 Å². The molecule has 0 saturated carbocycles. The number of hydrogen-bond donors (Lipinski definition) is 1. The summed E-state index contributed by atoms with van der Waals surface area (Å²) in [5.74, 6) is 0.824. The van der Waals surface area contributed by atoms with E-state index in [4.69, 9.17) is 0 Å². The Labute approximate surface area is 147 Å². The summed E-state index contributed by atoms with van der Waals surface area (Å²) in [6, 6.07) is 0. The van der Waals surface area contributed by atoms with Gasteiger partial charge in [-0.3, -0.25) is 9.20 Å². The van der Waals surface area contributed by atoms with Crippen molar-refractivity contribution in [2.75, 3.05) is 33.2 Å². The van der Waals surface area contributed by atoms with E-state index in [1.807, 2.05) is 59.8 Å². The number of guanidine groups is 1. The quantitative estimate of drug-likeness (QED) is 0.609. The van der Waals surface area contributed by atoms with Crippen LogP contribution in [0, 0.1) is 0 Å². The second-order valence-electron chi connectivity index (χ2n) is 5.42. The lowest BCUT2D eigenvalue weighted by Gasteiger charge is -2.25. The van der Waals surface area contributed by atoms with Gasteiger partial charge in [0.1, 0.15) is 0 Å². The highest BCUT2D eigenvalue weighted by Crippen LogP contribution is 2.12. The first-order chi connectivity index (χ1) is 11.6. The summed E-state index contributed by atoms with van der Waals surface area (Å²) < 4.78 is 2.00. The minimum absolute atomic E-state index is 0.107. The Bertz CT molecular complexity index is 659. The molecular weight excluding hydrogens is 324 g/mol. The first-order valence-corrected chi connectivity index (χ1v) is 9.15. The molecule has 24 heavy (non-hydrogen) atoms. The molecule has 2 rings (SSSR count). The van der Waals surface area contributed by atoms with E-state index in [1.54, 1.807) is 11.3 Å². The van der Waals surface area contributed by atoms with Gasteiger partial charge in [0.05, 0.1) is 18.8 Å². The fourth-order valence-corrected chi connectivity index (χ4v) is 3.15. The summed E-state index contributed by atoms with van der Waals surface area (Å²) in [5.41, 5.74) is 0.917. The number of carbonyl (C=O) groups excluding carboxylic acids is 1. The number of amides is 1. The van der Waals surface area contributed by atoms with Crippen molar-refractivity contribution < 1.29 is 4.79 Å². The maximum Gasteiger partial charge on any atom is 0.242 e. The average molecular weight is 350 g/mol. The number of fused-ring (bicyclic) bond motifs is 1. The van der Waals surface area contributed by atoms with E-state index >= 15 is 0 Å². The van der Waals surface area contributed by atoms with E-state index in [-0.39, 0.29) is 5.91 Å². The Morgan fingerprint density at radius 2 is 2.12 bits per heavy atom. The Kier molecular flexibility index (Phi) is 6.60. The van der Waals surface area contributed by atoms with E-state index in [1.165, 1.54) is 0 Å². The van der Waals surface area contributed by atoms with Crippen molar-refractivity contribution in [1.29, 1.82) is 0 Å². The third-order valence-corrected chi connectivity index (χ3v) is 4.49. The van der Waals surface area contributed by atoms with Gasteiger partial charge >= 0.3 is 0 Å². The zero-order valence-corrected chi connectivity index (χ0v) is 15.6. The molecule has 0 saturated heterocycles. The molecule has 0 spiro atoms. The van der Waals surface area contributed by atoms with Crippen LogP contribution in [0.25, 0.3) is 4.96 Å². The zero-order chi connectivity index (χ0) is 17.5. The van der Waals surface area contributed by atoms with Gasteiger partial charge in [-0.1, -0.05) is 0 Å². The number of carbonyl (C=O) groups is 1. The molecule has 132 valence electrons. The lowest BCUT2D eigenvalue weighted by molar-refractivity contribution is -0.131. The number of aromatic nitrogens is 2. The van der Waals surface area contributed by atoms with Gasteiger partial charge in [-0.15, -0.1) is 11.3 Å². The molecule has 0 atom stereocenters. The van der Waals surface area contributed by atoms with Gasteiger partial charge in [-0.2, -0.15) is 0 Å². The number of thiazole rings is 1. The number of aliphatic imine (C=N–C) groups is 1. The van der Waals surface area contributed by atoms with Gasteiger partial charge < -0.3 is 15.1 Å². The highest BCUT2D eigenvalue weighted by Gasteiger charge is 2.15. The van der Waals surface area contributed by atoms with Gasteiger partial charge in [-0.05, 0) is 20.8 Å². The number of hydrogen-bond acceptors (Lipinski definition) is 4. The van der Waals surface area contributed by atoms with E-state index in [9.17, 15) is 4.79 Å². The van der Waals surface area contributed by atoms with Crippen LogP contribution < -0.4 is 5.32 Å². The van der Waals surface area contributed by atoms with Crippen LogP contribution in [0.3, 0.4) is 0 Å². The zero-order valence-electron chi connectivity index (χ0n) is 14.8. The molecular formula is C16H26N6OS. The third kappa shape index (κ3) is 4.47. The van der Waals surface area contributed by atoms with E-state index in [0.29, 0.717) is 13.1 Å². The summed E-state index contributed by atoms with van der Waals surface area (Å²) in [6.07, 6.45) is 3.97. The van der Waals surface area contributed by atoms with Crippen molar-refractivity contribution in [2.24, 2.45) is 4.99 Å². The van der Waals surface area contributed by atoms with Crippen LogP contribution in [-0.2, 0) is 11.3 Å². The van der Waals surface area contributed by atoms with Gasteiger partial charge in [0.25, 0.3) is 0 Å². The maximum atomic E-state index is 12.3. The second kappa shape index (κ2) is 8.68. The lowest BCUT2D eigenvalue weighted by Crippen LogP contribution is -2.45. The molecule has 0 bridgehead atoms. The third-order valence-electron chi connectivity index (χ3n) is 3.72. The number of nitrogens with one attached hydrogen (secondary N) is 1. The van der Waals surface area contributed by atoms with Crippen LogP contribution in [-0.4, -0.2) is 64.3 Å². The molecule has 1 N–H and O–H groups in total. The molecule has 7 nitrogen and oxygen atoms in total. The molecule has 8 heteroatoms. The SMILES string of the molecule is CCNC(=NCc1cn2ccsc2n1)N(C)CC(=O)N(CC)CC. The molecule has 1 amide bonds. The van der Waals surface area contributed by atoms with Gasteiger partial charge in [0.2, 0.25) is 5.91 Å². The number of imidazole rings is 1. The highest BCUT2D eigenvalue weighted by atomic mass is 32.1. The molecule has 2 aromatic rings. The van der Waals surface area contributed by atoms with E-state index in [2.05, 4.69) is 15.3 Å². The minimum atomic E-state index is 0.107. The van der Waals surface area contributed by atoms with Gasteiger partial charge in [0.15, 0.2) is 10.9 Å². The highest BCUT2D eigenvalue weighted by molar-refractivity contribution is 7.15. The van der Waals surface area contributed by atoms with Crippen molar-refractivity contribution in [3.8, 4) is 0 Å². The molecule has 0 aliphatic carbocycles. The van der Waals surface area contributed by atoms with Crippen LogP contribution in [0.4, 0.5) is 0 Å². The Balaban J connectivity index is 2.03. The fourth-order valence-electron chi connectivity index (χ4n) is 2.43. The average Bonchev–Trinajstić information content (AvgIpc) is 3.13. The Hall–Kier alpha value is -2.09. The van der Waals surface area contributed by atoms with Crippen molar-refractivity contribution in [2.45, 2.75) is 27.3 Å². The molecule has 0 unspecified atom stereocenters. The van der Waals surface area contributed by atoms with Crippen LogP contribution in [0.5, 0.6) is 0 Å². The summed E-state index contributed by atoms with van der Waals surface area (Å²) in [4.78, 5) is 26.1. The van der Waals surface area contributed by atoms with Crippen molar-refractivity contribution >= 4 is 28.2 Å². The fraction of sp³-hybridized carbons (Fsp3) is 0.562. The number of likely N-dealkylation sites (N-methyl/N-ethyl adjacent to an activating group) is 2. The predicted molar refractivity (Wildman–Crippen MR) is 98.4 cm³/mol. The molecule has 0 fully saturated rings. The molecule has 2 heterocycles. The van der Waals surface area contributed by atoms with E-state index < -0.39 is 0 Å². The van der Waals surface area contributed by atoms with Crippen LogP contribution in [0.2, 0.25) is 0 Å². The second-order valence-corrected chi connectivity index (χ2v) is 6.29. The van der Waals surface area contributed by atoms with E-state index in [0.717, 1.165) is 36.2 Å². The molecule has 0 aromatic carbocycles. The van der Waals surface area contributed by atoms with Crippen LogP contribution >= 0.6 is 11.3 Å². The van der Waals surface area contributed by atoms with Crippen molar-refractivity contribution in [3.63, 3.8) is 0 Å². The summed E-state index contributed by atoms with van der Waals surface area (Å²) >= 11 is 1.60. The number of rotatable bonds is 7. The van der Waals surface area contributed by atoms with Crippen molar-refractivity contribution in [3.05, 3.63) is 23.5 Å². The molecule has 0 radical (unpaired) electrons. The minimum Gasteiger partial charge on any atom is -0.357 e. The topological polar surface area (TPSA) is 65.2 Å². The Morgan fingerprint density at radius 3 is 2.75 bits per heavy atom. The summed E-state index contributed by atoms with van der Waals surface area (Å²) in [5, 5.41) is 5.24. The summed E-state index contributed by atoms with van der Waals surface area (Å²) in [7, 11) is 1.88. The number of nitrogens with zero attached hydrogens (tertiary/aromatic N) is 5. The molecule has 0 aliphatic heterocycles. The summed E-state index contributed by atoms with van der Waals surface area (Å²) in [6.45, 7) is 9.00. The first-order valence-electron chi connectivity index (χ1n) is 8.27. The Morgan fingerprint density at radius 1 is 1.38 bits per heavy atom. The standard InChI is InChI=1S/C16H26N6OS/c1-5-17-15(20(4)12-14(23)21(6-2)7-3)18-10-13-11-22-8-9-24-16(22)19-13/h8-9,11H,5-7,10,12H2,1-4H3,(H,17,18). The monoisotopic (exact) mass is 350 g/mol. The van der Waals surface area contributed by atoms with Gasteiger partial charge in [-0.25, -0.2) is 9.98 Å². The van der Waals surface area contributed by atoms with Crippen LogP contribution in [0.1, 0.15) is 26.5 Å². The first kappa shape index (κ1) is 18.3. The largest absolute Gasteiger partial charge is 0.357 e. The molecule has 0 aliphatic rings. The van der Waals surface area contributed by atoms with Crippen molar-refractivity contribution in [1.82, 2.24) is 24.5 Å². The molecule has 2 aromatic heterocycles.